The summed E-state index contributed by atoms with van der Waals surface area (Å²) in [5, 5.41) is 4.01. The molecule has 1 saturated heterocycles. The largest absolute Gasteiger partial charge is 0.310 e. The minimum atomic E-state index is 0.533. The lowest BCUT2D eigenvalue weighted by Crippen LogP contribution is -2.48. The van der Waals surface area contributed by atoms with Gasteiger partial charge >= 0.3 is 0 Å². The van der Waals surface area contributed by atoms with E-state index >= 15 is 0 Å². The van der Waals surface area contributed by atoms with Crippen molar-refractivity contribution in [3.63, 3.8) is 0 Å². The van der Waals surface area contributed by atoms with Gasteiger partial charge in [0.25, 0.3) is 0 Å². The smallest absolute Gasteiger partial charge is 0.0166 e. The van der Waals surface area contributed by atoms with Gasteiger partial charge in [0.1, 0.15) is 0 Å². The van der Waals surface area contributed by atoms with Gasteiger partial charge in [0.15, 0.2) is 0 Å². The summed E-state index contributed by atoms with van der Waals surface area (Å²) in [6, 6.07) is 1.54. The van der Waals surface area contributed by atoms with Crippen LogP contribution in [0.25, 0.3) is 0 Å². The van der Waals surface area contributed by atoms with Crippen LogP contribution in [0.5, 0.6) is 0 Å². The highest BCUT2D eigenvalue weighted by Gasteiger charge is 2.31. The van der Waals surface area contributed by atoms with Crippen molar-refractivity contribution in [1.29, 1.82) is 0 Å². The average Bonchev–Trinajstić information content (AvgIpc) is 2.36. The Morgan fingerprint density at radius 3 is 2.56 bits per heavy atom. The summed E-state index contributed by atoms with van der Waals surface area (Å²) < 4.78 is 0. The molecule has 2 unspecified atom stereocenters. The number of hydrogen-bond donors (Lipinski definition) is 1. The highest BCUT2D eigenvalue weighted by molar-refractivity contribution is 7.99. The molecule has 1 N–H and O–H groups in total. The predicted molar refractivity (Wildman–Crippen MR) is 83.3 cm³/mol. The van der Waals surface area contributed by atoms with E-state index in [0.717, 1.165) is 18.0 Å². The molecule has 1 aliphatic carbocycles. The number of rotatable bonds is 4. The van der Waals surface area contributed by atoms with Crippen molar-refractivity contribution in [2.45, 2.75) is 77.8 Å². The average molecular weight is 269 g/mol. The maximum atomic E-state index is 4.01. The van der Waals surface area contributed by atoms with Crippen molar-refractivity contribution in [1.82, 2.24) is 5.32 Å². The molecule has 106 valence electrons. The lowest BCUT2D eigenvalue weighted by molar-refractivity contribution is 0.224. The first-order chi connectivity index (χ1) is 8.61. The first-order valence-corrected chi connectivity index (χ1v) is 9.10. The van der Waals surface area contributed by atoms with Crippen molar-refractivity contribution in [3.05, 3.63) is 0 Å². The van der Waals surface area contributed by atoms with Gasteiger partial charge in [-0.05, 0) is 42.8 Å². The molecule has 0 radical (unpaired) electrons. The van der Waals surface area contributed by atoms with Crippen LogP contribution in [-0.4, -0.2) is 23.6 Å². The lowest BCUT2D eigenvalue weighted by Gasteiger charge is -2.39. The molecule has 0 bridgehead atoms. The molecule has 18 heavy (non-hydrogen) atoms. The van der Waals surface area contributed by atoms with E-state index in [-0.39, 0.29) is 0 Å². The molecule has 2 heteroatoms. The zero-order valence-corrected chi connectivity index (χ0v) is 13.3. The van der Waals surface area contributed by atoms with Gasteiger partial charge in [0.2, 0.25) is 0 Å². The van der Waals surface area contributed by atoms with Crippen LogP contribution in [0.3, 0.4) is 0 Å². The highest BCUT2D eigenvalue weighted by Crippen LogP contribution is 2.35. The Labute approximate surface area is 118 Å². The van der Waals surface area contributed by atoms with E-state index in [4.69, 9.17) is 0 Å². The first-order valence-electron chi connectivity index (χ1n) is 7.94. The van der Waals surface area contributed by atoms with E-state index in [1.54, 1.807) is 0 Å². The molecule has 1 saturated carbocycles. The lowest BCUT2D eigenvalue weighted by atomic mass is 9.81. The topological polar surface area (TPSA) is 12.0 Å². The fraction of sp³-hybridized carbons (Fsp3) is 1.00. The molecule has 1 heterocycles. The predicted octanol–water partition coefficient (Wildman–Crippen LogP) is 4.47. The second-order valence-electron chi connectivity index (χ2n) is 7.16. The third-order valence-corrected chi connectivity index (χ3v) is 6.34. The van der Waals surface area contributed by atoms with Crippen LogP contribution in [-0.2, 0) is 0 Å². The molecular weight excluding hydrogens is 238 g/mol. The van der Waals surface area contributed by atoms with Crippen LogP contribution in [0.2, 0.25) is 0 Å². The van der Waals surface area contributed by atoms with Gasteiger partial charge in [-0.1, -0.05) is 40.0 Å². The fourth-order valence-electron chi connectivity index (χ4n) is 3.80. The van der Waals surface area contributed by atoms with E-state index in [1.165, 1.54) is 56.5 Å². The Kier molecular flexibility index (Phi) is 5.44. The molecule has 0 aromatic carbocycles. The van der Waals surface area contributed by atoms with Gasteiger partial charge in [-0.3, -0.25) is 0 Å². The second kappa shape index (κ2) is 6.65. The molecule has 0 amide bonds. The van der Waals surface area contributed by atoms with E-state index < -0.39 is 0 Å². The van der Waals surface area contributed by atoms with Gasteiger partial charge in [-0.15, -0.1) is 0 Å². The third kappa shape index (κ3) is 4.16. The SMILES string of the molecule is CCC(NC1CSCC(C)(C)C1)C1CCCCC1. The number of nitrogens with one attached hydrogen (secondary N) is 1. The molecule has 2 aliphatic rings. The summed E-state index contributed by atoms with van der Waals surface area (Å²) in [6.07, 6.45) is 10.0. The second-order valence-corrected chi connectivity index (χ2v) is 8.19. The molecular formula is C16H31NS. The zero-order valence-electron chi connectivity index (χ0n) is 12.5. The molecule has 2 rings (SSSR count). The maximum absolute atomic E-state index is 4.01. The summed E-state index contributed by atoms with van der Waals surface area (Å²) in [5.41, 5.74) is 0.533. The van der Waals surface area contributed by atoms with Crippen molar-refractivity contribution >= 4 is 11.8 Å². The summed E-state index contributed by atoms with van der Waals surface area (Å²) in [6.45, 7) is 7.22. The Morgan fingerprint density at radius 1 is 1.22 bits per heavy atom. The minimum Gasteiger partial charge on any atom is -0.310 e. The number of thioether (sulfide) groups is 1. The van der Waals surface area contributed by atoms with Crippen LogP contribution in [0, 0.1) is 11.3 Å². The summed E-state index contributed by atoms with van der Waals surface area (Å²) in [5.74, 6) is 3.62. The molecule has 1 nitrogen and oxygen atoms in total. The van der Waals surface area contributed by atoms with Crippen LogP contribution < -0.4 is 5.32 Å². The Balaban J connectivity index is 1.85. The Morgan fingerprint density at radius 2 is 1.94 bits per heavy atom. The third-order valence-electron chi connectivity index (χ3n) is 4.72. The Bertz CT molecular complexity index is 245. The first kappa shape index (κ1) is 14.7. The van der Waals surface area contributed by atoms with E-state index in [0.29, 0.717) is 5.41 Å². The van der Waals surface area contributed by atoms with E-state index in [1.807, 2.05) is 0 Å². The quantitative estimate of drug-likeness (QED) is 0.808. The number of hydrogen-bond acceptors (Lipinski definition) is 2. The highest BCUT2D eigenvalue weighted by atomic mass is 32.2. The summed E-state index contributed by atoms with van der Waals surface area (Å²) >= 11 is 2.15. The molecule has 2 fully saturated rings. The Hall–Kier alpha value is 0.310. The maximum Gasteiger partial charge on any atom is 0.0166 e. The van der Waals surface area contributed by atoms with Gasteiger partial charge in [0.05, 0.1) is 0 Å². The van der Waals surface area contributed by atoms with Gasteiger partial charge < -0.3 is 5.32 Å². The summed E-state index contributed by atoms with van der Waals surface area (Å²) in [7, 11) is 0. The van der Waals surface area contributed by atoms with Crippen molar-refractivity contribution in [3.8, 4) is 0 Å². The van der Waals surface area contributed by atoms with Gasteiger partial charge in [-0.2, -0.15) is 11.8 Å². The summed E-state index contributed by atoms with van der Waals surface area (Å²) in [4.78, 5) is 0. The minimum absolute atomic E-state index is 0.533. The fourth-order valence-corrected chi connectivity index (χ4v) is 5.08. The molecule has 1 aliphatic heterocycles. The normalized spacial score (nSPS) is 31.2. The van der Waals surface area contributed by atoms with E-state index in [2.05, 4.69) is 37.8 Å². The van der Waals surface area contributed by atoms with Crippen LogP contribution in [0.1, 0.15) is 65.7 Å². The standard InChI is InChI=1S/C16H31NS/c1-4-15(13-8-6-5-7-9-13)17-14-10-16(2,3)12-18-11-14/h13-15,17H,4-12H2,1-3H3. The van der Waals surface area contributed by atoms with Crippen molar-refractivity contribution < 1.29 is 0 Å². The van der Waals surface area contributed by atoms with Crippen molar-refractivity contribution in [2.24, 2.45) is 11.3 Å². The molecule has 0 spiro atoms. The van der Waals surface area contributed by atoms with Gasteiger partial charge in [0, 0.05) is 17.8 Å². The molecule has 0 aromatic rings. The monoisotopic (exact) mass is 269 g/mol. The van der Waals surface area contributed by atoms with Crippen LogP contribution in [0.15, 0.2) is 0 Å². The molecule has 0 aromatic heterocycles. The van der Waals surface area contributed by atoms with E-state index in [9.17, 15) is 0 Å². The van der Waals surface area contributed by atoms with Crippen molar-refractivity contribution in [2.75, 3.05) is 11.5 Å². The molecule has 2 atom stereocenters. The zero-order chi connectivity index (χ0) is 13.0. The van der Waals surface area contributed by atoms with Crippen LogP contribution in [0.4, 0.5) is 0 Å². The van der Waals surface area contributed by atoms with Crippen LogP contribution >= 0.6 is 11.8 Å². The van der Waals surface area contributed by atoms with Gasteiger partial charge in [-0.25, -0.2) is 0 Å².